The fourth-order valence-corrected chi connectivity index (χ4v) is 2.58. The van der Waals surface area contributed by atoms with Crippen molar-refractivity contribution in [1.29, 1.82) is 5.26 Å². The van der Waals surface area contributed by atoms with Crippen molar-refractivity contribution in [3.8, 4) is 17.2 Å². The topological polar surface area (TPSA) is 59.9 Å². The van der Waals surface area contributed by atoms with E-state index >= 15 is 0 Å². The van der Waals surface area contributed by atoms with E-state index in [-0.39, 0.29) is 5.56 Å². The lowest BCUT2D eigenvalue weighted by Gasteiger charge is -2.15. The zero-order valence-electron chi connectivity index (χ0n) is 12.2. The van der Waals surface area contributed by atoms with E-state index in [1.165, 1.54) is 18.2 Å². The van der Waals surface area contributed by atoms with Crippen molar-refractivity contribution in [2.75, 3.05) is 0 Å². The van der Waals surface area contributed by atoms with E-state index in [9.17, 15) is 17.6 Å². The van der Waals surface area contributed by atoms with Gasteiger partial charge in [0.05, 0.1) is 17.7 Å². The molecule has 1 aliphatic rings. The summed E-state index contributed by atoms with van der Waals surface area (Å²) in [5, 5.41) is 9.07. The second-order valence-electron chi connectivity index (χ2n) is 5.35. The minimum Gasteiger partial charge on any atom is -0.234 e. The smallest absolute Gasteiger partial charge is 0.234 e. The molecule has 2 aromatic rings. The molecule has 0 aromatic heterocycles. The van der Waals surface area contributed by atoms with Crippen LogP contribution in [0.5, 0.6) is 0 Å². The molecule has 2 unspecified atom stereocenters. The van der Waals surface area contributed by atoms with E-state index in [1.807, 2.05) is 6.07 Å². The maximum absolute atomic E-state index is 14.0. The Morgan fingerprint density at radius 2 is 1.79 bits per heavy atom. The Morgan fingerprint density at radius 1 is 1.00 bits per heavy atom. The van der Waals surface area contributed by atoms with Crippen molar-refractivity contribution >= 4 is 0 Å². The number of benzene rings is 2. The SMILES string of the molecule is N#CC1NNNC1c1cc(F)cc(-c2cccc(C(F)(F)F)c2)c1. The number of halogens is 4. The van der Waals surface area contributed by atoms with Crippen LogP contribution in [0.2, 0.25) is 0 Å². The predicted molar refractivity (Wildman–Crippen MR) is 78.4 cm³/mol. The molecule has 3 N–H and O–H groups in total. The first kappa shape index (κ1) is 16.4. The normalized spacial score (nSPS) is 20.8. The van der Waals surface area contributed by atoms with Gasteiger partial charge in [-0.15, -0.1) is 0 Å². The van der Waals surface area contributed by atoms with Crippen LogP contribution >= 0.6 is 0 Å². The highest BCUT2D eigenvalue weighted by Gasteiger charge is 2.31. The Labute approximate surface area is 135 Å². The van der Waals surface area contributed by atoms with Gasteiger partial charge in [0, 0.05) is 0 Å². The second-order valence-corrected chi connectivity index (χ2v) is 5.35. The van der Waals surface area contributed by atoms with Crippen molar-refractivity contribution in [2.45, 2.75) is 18.3 Å². The number of nitriles is 1. The lowest BCUT2D eigenvalue weighted by Crippen LogP contribution is -2.32. The summed E-state index contributed by atoms with van der Waals surface area (Å²) in [6.07, 6.45) is -4.47. The van der Waals surface area contributed by atoms with Crippen LogP contribution in [0.4, 0.5) is 17.6 Å². The van der Waals surface area contributed by atoms with E-state index in [0.717, 1.165) is 18.2 Å². The van der Waals surface area contributed by atoms with Gasteiger partial charge in [0.2, 0.25) is 0 Å². The van der Waals surface area contributed by atoms with Crippen molar-refractivity contribution in [3.63, 3.8) is 0 Å². The van der Waals surface area contributed by atoms with Crippen LogP contribution in [0.3, 0.4) is 0 Å². The van der Waals surface area contributed by atoms with Gasteiger partial charge in [-0.2, -0.15) is 24.0 Å². The molecule has 1 saturated heterocycles. The van der Waals surface area contributed by atoms with Crippen LogP contribution in [0.25, 0.3) is 11.1 Å². The van der Waals surface area contributed by atoms with Gasteiger partial charge in [-0.05, 0) is 47.0 Å². The first-order valence-electron chi connectivity index (χ1n) is 7.02. The molecule has 0 amide bonds. The lowest BCUT2D eigenvalue weighted by molar-refractivity contribution is -0.137. The van der Waals surface area contributed by atoms with Crippen molar-refractivity contribution < 1.29 is 17.6 Å². The highest BCUT2D eigenvalue weighted by atomic mass is 19.4. The number of rotatable bonds is 2. The summed E-state index contributed by atoms with van der Waals surface area (Å²) >= 11 is 0. The molecular weight excluding hydrogens is 324 g/mol. The molecule has 1 heterocycles. The predicted octanol–water partition coefficient (Wildman–Crippen LogP) is 3.06. The zero-order valence-corrected chi connectivity index (χ0v) is 12.2. The monoisotopic (exact) mass is 336 g/mol. The molecule has 3 rings (SSSR count). The average Bonchev–Trinajstić information content (AvgIpc) is 3.02. The zero-order chi connectivity index (χ0) is 17.3. The fourth-order valence-electron chi connectivity index (χ4n) is 2.58. The van der Waals surface area contributed by atoms with Gasteiger partial charge in [0.15, 0.2) is 0 Å². The Hall–Kier alpha value is -2.47. The standard InChI is InChI=1S/C16H12F4N4/c17-13-6-10(9-2-1-3-12(5-9)16(18,19)20)4-11(7-13)15-14(8-21)22-24-23-15/h1-7,14-15,22-24H. The number of hydrogen-bond donors (Lipinski definition) is 3. The quantitative estimate of drug-likeness (QED) is 0.738. The van der Waals surface area contributed by atoms with Gasteiger partial charge in [-0.25, -0.2) is 15.2 Å². The molecule has 0 spiro atoms. The summed E-state index contributed by atoms with van der Waals surface area (Å²) < 4.78 is 52.5. The van der Waals surface area contributed by atoms with E-state index in [2.05, 4.69) is 16.4 Å². The molecule has 0 saturated carbocycles. The minimum atomic E-state index is -4.47. The summed E-state index contributed by atoms with van der Waals surface area (Å²) in [7, 11) is 0. The molecule has 2 atom stereocenters. The largest absolute Gasteiger partial charge is 0.416 e. The number of alkyl halides is 3. The van der Waals surface area contributed by atoms with E-state index in [1.54, 1.807) is 6.07 Å². The minimum absolute atomic E-state index is 0.248. The molecule has 1 aliphatic heterocycles. The van der Waals surface area contributed by atoms with Crippen molar-refractivity contribution in [3.05, 3.63) is 59.4 Å². The fraction of sp³-hybridized carbons (Fsp3) is 0.188. The third kappa shape index (κ3) is 3.23. The van der Waals surface area contributed by atoms with Crippen LogP contribution in [0, 0.1) is 17.1 Å². The van der Waals surface area contributed by atoms with E-state index in [4.69, 9.17) is 5.26 Å². The molecule has 2 aromatic carbocycles. The number of nitrogens with one attached hydrogen (secondary N) is 3. The van der Waals surface area contributed by atoms with Crippen LogP contribution < -0.4 is 16.4 Å². The summed E-state index contributed by atoms with van der Waals surface area (Å²) in [6, 6.07) is 9.50. The van der Waals surface area contributed by atoms with Gasteiger partial charge in [0.1, 0.15) is 11.9 Å². The number of hydrazine groups is 2. The van der Waals surface area contributed by atoms with Crippen LogP contribution in [-0.4, -0.2) is 6.04 Å². The van der Waals surface area contributed by atoms with Crippen molar-refractivity contribution in [2.24, 2.45) is 0 Å². The molecule has 124 valence electrons. The summed E-state index contributed by atoms with van der Waals surface area (Å²) in [6.45, 7) is 0. The first-order valence-corrected chi connectivity index (χ1v) is 7.02. The number of nitrogens with zero attached hydrogens (tertiary/aromatic N) is 1. The molecule has 0 bridgehead atoms. The van der Waals surface area contributed by atoms with Crippen molar-refractivity contribution in [1.82, 2.24) is 16.4 Å². The van der Waals surface area contributed by atoms with Gasteiger partial charge < -0.3 is 0 Å². The molecule has 0 aliphatic carbocycles. The Morgan fingerprint density at radius 3 is 2.50 bits per heavy atom. The maximum Gasteiger partial charge on any atom is 0.416 e. The molecule has 8 heteroatoms. The molecule has 1 fully saturated rings. The highest BCUT2D eigenvalue weighted by molar-refractivity contribution is 5.65. The molecule has 24 heavy (non-hydrogen) atoms. The van der Waals surface area contributed by atoms with Crippen LogP contribution in [0.15, 0.2) is 42.5 Å². The van der Waals surface area contributed by atoms with Gasteiger partial charge >= 0.3 is 6.18 Å². The lowest BCUT2D eigenvalue weighted by atomic mass is 9.95. The third-order valence-electron chi connectivity index (χ3n) is 3.73. The molecular formula is C16H12F4N4. The number of hydrogen-bond acceptors (Lipinski definition) is 4. The molecule has 4 nitrogen and oxygen atoms in total. The Bertz CT molecular complexity index is 797. The van der Waals surface area contributed by atoms with Gasteiger partial charge in [-0.3, -0.25) is 0 Å². The van der Waals surface area contributed by atoms with Crippen LogP contribution in [0.1, 0.15) is 17.2 Å². The molecule has 0 radical (unpaired) electrons. The van der Waals surface area contributed by atoms with Crippen LogP contribution in [-0.2, 0) is 6.18 Å². The van der Waals surface area contributed by atoms with E-state index in [0.29, 0.717) is 11.1 Å². The Kier molecular flexibility index (Phi) is 4.24. The second kappa shape index (κ2) is 6.20. The third-order valence-corrected chi connectivity index (χ3v) is 3.73. The Balaban J connectivity index is 2.02. The summed E-state index contributed by atoms with van der Waals surface area (Å²) in [4.78, 5) is 0. The summed E-state index contributed by atoms with van der Waals surface area (Å²) in [5.74, 6) is -0.592. The maximum atomic E-state index is 14.0. The van der Waals surface area contributed by atoms with Gasteiger partial charge in [-0.1, -0.05) is 12.1 Å². The summed E-state index contributed by atoms with van der Waals surface area (Å²) in [5.41, 5.74) is 8.24. The highest BCUT2D eigenvalue weighted by Crippen LogP contribution is 2.33. The van der Waals surface area contributed by atoms with E-state index < -0.39 is 29.6 Å². The average molecular weight is 336 g/mol. The van der Waals surface area contributed by atoms with Gasteiger partial charge in [0.25, 0.3) is 0 Å². The first-order chi connectivity index (χ1) is 11.4.